The maximum absolute atomic E-state index is 11.4. The van der Waals surface area contributed by atoms with Gasteiger partial charge in [0, 0.05) is 10.6 Å². The minimum atomic E-state index is -0.915. The summed E-state index contributed by atoms with van der Waals surface area (Å²) >= 11 is 1.70. The molecular weight excluding hydrogens is 284 g/mol. The van der Waals surface area contributed by atoms with Crippen LogP contribution >= 0.6 is 11.3 Å². The first-order valence-corrected chi connectivity index (χ1v) is 8.12. The molecule has 0 saturated heterocycles. The largest absolute Gasteiger partial charge is 0.478 e. The molecule has 0 unspecified atom stereocenters. The van der Waals surface area contributed by atoms with E-state index in [0.29, 0.717) is 12.4 Å². The number of aromatic carboxylic acids is 1. The van der Waals surface area contributed by atoms with Crippen molar-refractivity contribution in [2.24, 2.45) is 0 Å². The molecule has 4 nitrogen and oxygen atoms in total. The van der Waals surface area contributed by atoms with Gasteiger partial charge in [0.2, 0.25) is 0 Å². The fourth-order valence-electron chi connectivity index (χ4n) is 2.77. The minimum absolute atomic E-state index is 0.283. The zero-order valence-electron chi connectivity index (χ0n) is 12.0. The Morgan fingerprint density at radius 3 is 3.10 bits per heavy atom. The van der Waals surface area contributed by atoms with E-state index in [4.69, 9.17) is 0 Å². The van der Waals surface area contributed by atoms with Crippen LogP contribution in [0.1, 0.15) is 45.4 Å². The summed E-state index contributed by atoms with van der Waals surface area (Å²) in [6, 6.07) is 3.91. The van der Waals surface area contributed by atoms with Gasteiger partial charge in [-0.15, -0.1) is 11.3 Å². The maximum Gasteiger partial charge on any atom is 0.339 e. The summed E-state index contributed by atoms with van der Waals surface area (Å²) in [4.78, 5) is 17.2. The van der Waals surface area contributed by atoms with Crippen molar-refractivity contribution in [1.82, 2.24) is 4.98 Å². The standard InChI is InChI=1S/C16H18N2O2S/c1-2-10-6-7-21-14(10)9-17-15-12(16(19)20)8-11-4-3-5-13(11)18-15/h6-8H,2-5,9H2,1H3,(H,17,18)(H,19,20). The van der Waals surface area contributed by atoms with Crippen LogP contribution in [-0.4, -0.2) is 16.1 Å². The molecule has 21 heavy (non-hydrogen) atoms. The van der Waals surface area contributed by atoms with Gasteiger partial charge in [0.25, 0.3) is 0 Å². The van der Waals surface area contributed by atoms with Gasteiger partial charge >= 0.3 is 5.97 Å². The molecule has 0 bridgehead atoms. The number of thiophene rings is 1. The van der Waals surface area contributed by atoms with E-state index in [1.807, 2.05) is 0 Å². The van der Waals surface area contributed by atoms with Crippen LogP contribution in [0.5, 0.6) is 0 Å². The molecule has 2 heterocycles. The molecule has 2 aromatic rings. The summed E-state index contributed by atoms with van der Waals surface area (Å²) in [7, 11) is 0. The molecule has 0 spiro atoms. The number of anilines is 1. The van der Waals surface area contributed by atoms with Crippen molar-refractivity contribution in [1.29, 1.82) is 0 Å². The van der Waals surface area contributed by atoms with Gasteiger partial charge in [-0.1, -0.05) is 6.92 Å². The lowest BCUT2D eigenvalue weighted by atomic mass is 10.1. The molecular formula is C16H18N2O2S. The lowest BCUT2D eigenvalue weighted by Gasteiger charge is -2.11. The van der Waals surface area contributed by atoms with Crippen molar-refractivity contribution in [3.63, 3.8) is 0 Å². The number of fused-ring (bicyclic) bond motifs is 1. The number of hydrogen-bond donors (Lipinski definition) is 2. The molecule has 0 aliphatic heterocycles. The minimum Gasteiger partial charge on any atom is -0.478 e. The fourth-order valence-corrected chi connectivity index (χ4v) is 3.69. The highest BCUT2D eigenvalue weighted by Crippen LogP contribution is 2.26. The second-order valence-electron chi connectivity index (χ2n) is 5.23. The van der Waals surface area contributed by atoms with Gasteiger partial charge in [-0.05, 0) is 54.3 Å². The van der Waals surface area contributed by atoms with Gasteiger partial charge < -0.3 is 10.4 Å². The topological polar surface area (TPSA) is 62.2 Å². The first kappa shape index (κ1) is 14.1. The Labute approximate surface area is 127 Å². The smallest absolute Gasteiger partial charge is 0.339 e. The van der Waals surface area contributed by atoms with Crippen molar-refractivity contribution in [3.8, 4) is 0 Å². The van der Waals surface area contributed by atoms with E-state index in [2.05, 4.69) is 28.7 Å². The SMILES string of the molecule is CCc1ccsc1CNc1nc2c(cc1C(=O)O)CCC2. The number of carboxylic acid groups (broad SMARTS) is 1. The summed E-state index contributed by atoms with van der Waals surface area (Å²) < 4.78 is 0. The van der Waals surface area contributed by atoms with Crippen LogP contribution in [0.2, 0.25) is 0 Å². The van der Waals surface area contributed by atoms with Crippen LogP contribution in [0, 0.1) is 0 Å². The Balaban J connectivity index is 1.86. The van der Waals surface area contributed by atoms with Crippen LogP contribution in [0.3, 0.4) is 0 Å². The monoisotopic (exact) mass is 302 g/mol. The van der Waals surface area contributed by atoms with Gasteiger partial charge in [-0.3, -0.25) is 0 Å². The first-order chi connectivity index (χ1) is 10.2. The molecule has 5 heteroatoms. The number of hydrogen-bond acceptors (Lipinski definition) is 4. The number of carbonyl (C=O) groups is 1. The van der Waals surface area contributed by atoms with Crippen LogP contribution in [0.4, 0.5) is 5.82 Å². The summed E-state index contributed by atoms with van der Waals surface area (Å²) in [6.45, 7) is 2.76. The highest BCUT2D eigenvalue weighted by molar-refractivity contribution is 7.10. The Bertz CT molecular complexity index is 679. The molecule has 0 fully saturated rings. The van der Waals surface area contributed by atoms with Gasteiger partial charge in [0.1, 0.15) is 11.4 Å². The zero-order valence-corrected chi connectivity index (χ0v) is 12.8. The number of carboxylic acids is 1. The van der Waals surface area contributed by atoms with Gasteiger partial charge in [-0.25, -0.2) is 9.78 Å². The number of aromatic nitrogens is 1. The number of nitrogens with zero attached hydrogens (tertiary/aromatic N) is 1. The predicted molar refractivity (Wildman–Crippen MR) is 84.2 cm³/mol. The predicted octanol–water partition coefficient (Wildman–Crippen LogP) is 3.50. The first-order valence-electron chi connectivity index (χ1n) is 7.24. The van der Waals surface area contributed by atoms with E-state index in [1.165, 1.54) is 10.4 Å². The molecule has 2 N–H and O–H groups in total. The van der Waals surface area contributed by atoms with Crippen LogP contribution in [-0.2, 0) is 25.8 Å². The average Bonchev–Trinajstić information content (AvgIpc) is 3.11. The van der Waals surface area contributed by atoms with Crippen LogP contribution < -0.4 is 5.32 Å². The third-order valence-corrected chi connectivity index (χ3v) is 4.88. The summed E-state index contributed by atoms with van der Waals surface area (Å²) in [5.41, 5.74) is 3.73. The quantitative estimate of drug-likeness (QED) is 0.887. The molecule has 0 saturated carbocycles. The van der Waals surface area contributed by atoms with Crippen molar-refractivity contribution in [2.75, 3.05) is 5.32 Å². The lowest BCUT2D eigenvalue weighted by Crippen LogP contribution is -2.10. The molecule has 0 atom stereocenters. The van der Waals surface area contributed by atoms with Gasteiger partial charge in [0.15, 0.2) is 0 Å². The van der Waals surface area contributed by atoms with E-state index in [-0.39, 0.29) is 5.56 Å². The highest BCUT2D eigenvalue weighted by Gasteiger charge is 2.20. The van der Waals surface area contributed by atoms with Crippen LogP contribution in [0.15, 0.2) is 17.5 Å². The summed E-state index contributed by atoms with van der Waals surface area (Å²) in [6.07, 6.45) is 3.94. The molecule has 3 rings (SSSR count). The second-order valence-corrected chi connectivity index (χ2v) is 6.23. The van der Waals surface area contributed by atoms with Crippen molar-refractivity contribution in [3.05, 3.63) is 44.8 Å². The van der Waals surface area contributed by atoms with Crippen molar-refractivity contribution >= 4 is 23.1 Å². The van der Waals surface area contributed by atoms with E-state index >= 15 is 0 Å². The average molecular weight is 302 g/mol. The molecule has 1 aliphatic carbocycles. The normalized spacial score (nSPS) is 13.2. The number of pyridine rings is 1. The van der Waals surface area contributed by atoms with Crippen molar-refractivity contribution < 1.29 is 9.90 Å². The number of rotatable bonds is 5. The Morgan fingerprint density at radius 1 is 1.48 bits per heavy atom. The van der Waals surface area contributed by atoms with Gasteiger partial charge in [0.05, 0.1) is 6.54 Å². The Kier molecular flexibility index (Phi) is 3.92. The van der Waals surface area contributed by atoms with Gasteiger partial charge in [-0.2, -0.15) is 0 Å². The third kappa shape index (κ3) is 2.78. The molecule has 1 aliphatic rings. The van der Waals surface area contributed by atoms with Crippen LogP contribution in [0.25, 0.3) is 0 Å². The number of nitrogens with one attached hydrogen (secondary N) is 1. The number of aryl methyl sites for hydroxylation is 3. The van der Waals surface area contributed by atoms with E-state index in [1.54, 1.807) is 17.4 Å². The maximum atomic E-state index is 11.4. The molecule has 110 valence electrons. The lowest BCUT2D eigenvalue weighted by molar-refractivity contribution is 0.0697. The van der Waals surface area contributed by atoms with E-state index < -0.39 is 5.97 Å². The van der Waals surface area contributed by atoms with E-state index in [9.17, 15) is 9.90 Å². The fraction of sp³-hybridized carbons (Fsp3) is 0.375. The Morgan fingerprint density at radius 2 is 2.33 bits per heavy atom. The molecule has 2 aromatic heterocycles. The molecule has 0 radical (unpaired) electrons. The molecule has 0 aromatic carbocycles. The molecule has 0 amide bonds. The third-order valence-electron chi connectivity index (χ3n) is 3.92. The zero-order chi connectivity index (χ0) is 14.8. The van der Waals surface area contributed by atoms with E-state index in [0.717, 1.165) is 36.9 Å². The second kappa shape index (κ2) is 5.85. The Hall–Kier alpha value is -1.88. The van der Waals surface area contributed by atoms with Crippen molar-refractivity contribution in [2.45, 2.75) is 39.2 Å². The summed E-state index contributed by atoms with van der Waals surface area (Å²) in [5.74, 6) is -0.416. The summed E-state index contributed by atoms with van der Waals surface area (Å²) in [5, 5.41) is 14.7. The highest BCUT2D eigenvalue weighted by atomic mass is 32.1.